The van der Waals surface area contributed by atoms with E-state index in [0.29, 0.717) is 17.5 Å². The molecule has 0 aliphatic carbocycles. The van der Waals surface area contributed by atoms with Crippen LogP contribution in [0, 0.1) is 0 Å². The first-order valence-corrected chi connectivity index (χ1v) is 18.8. The third-order valence-corrected chi connectivity index (χ3v) is 10.4. The van der Waals surface area contributed by atoms with Gasteiger partial charge in [0.1, 0.15) is 0 Å². The Bertz CT molecular complexity index is 3000. The van der Waals surface area contributed by atoms with Crippen molar-refractivity contribution in [3.8, 4) is 78.8 Å². The molecule has 10 aromatic rings. The van der Waals surface area contributed by atoms with Crippen LogP contribution < -0.4 is 0 Å². The second-order valence-electron chi connectivity index (χ2n) is 13.9. The van der Waals surface area contributed by atoms with E-state index >= 15 is 0 Å². The van der Waals surface area contributed by atoms with Crippen molar-refractivity contribution >= 4 is 21.5 Å². The molecule has 0 amide bonds. The standard InChI is InChI=1S/C52H34N4/c1-3-12-35(13-4-1)40-27-21-36-22-28-43(34-44(36)32-40)52-55-50(39-25-23-38(24-26-39)49-20-9-10-31-53-49)54-51(56-52)42-17-11-16-41(33-42)46-30-29-45(37-14-5-2-6-15-37)47-18-7-8-19-48(46)47/h1-34H. The lowest BCUT2D eigenvalue weighted by atomic mass is 9.91. The predicted molar refractivity (Wildman–Crippen MR) is 231 cm³/mol. The number of benzene rings is 8. The number of hydrogen-bond donors (Lipinski definition) is 0. The highest BCUT2D eigenvalue weighted by atomic mass is 15.0. The molecule has 0 spiro atoms. The maximum absolute atomic E-state index is 5.17. The van der Waals surface area contributed by atoms with E-state index in [1.807, 2.05) is 30.5 Å². The van der Waals surface area contributed by atoms with Crippen molar-refractivity contribution in [3.05, 3.63) is 206 Å². The Morgan fingerprint density at radius 1 is 0.268 bits per heavy atom. The molecule has 2 heterocycles. The number of aromatic nitrogens is 4. The summed E-state index contributed by atoms with van der Waals surface area (Å²) in [6.07, 6.45) is 1.81. The third kappa shape index (κ3) is 6.40. The summed E-state index contributed by atoms with van der Waals surface area (Å²) < 4.78 is 0. The average Bonchev–Trinajstić information content (AvgIpc) is 3.29. The van der Waals surface area contributed by atoms with Crippen LogP contribution >= 0.6 is 0 Å². The largest absolute Gasteiger partial charge is 0.256 e. The summed E-state index contributed by atoms with van der Waals surface area (Å²) in [4.78, 5) is 20.0. The summed E-state index contributed by atoms with van der Waals surface area (Å²) in [5.41, 5.74) is 11.7. The van der Waals surface area contributed by atoms with Crippen LogP contribution in [0.4, 0.5) is 0 Å². The summed E-state index contributed by atoms with van der Waals surface area (Å²) in [7, 11) is 0. The molecule has 0 aliphatic rings. The Balaban J connectivity index is 1.10. The van der Waals surface area contributed by atoms with Gasteiger partial charge in [-0.05, 0) is 85.3 Å². The maximum atomic E-state index is 5.17. The van der Waals surface area contributed by atoms with Crippen LogP contribution in [0.2, 0.25) is 0 Å². The second-order valence-corrected chi connectivity index (χ2v) is 13.9. The molecule has 0 N–H and O–H groups in total. The van der Waals surface area contributed by atoms with Crippen LogP contribution in [0.15, 0.2) is 206 Å². The summed E-state index contributed by atoms with van der Waals surface area (Å²) in [6, 6.07) is 70.0. The molecule has 0 saturated carbocycles. The number of pyridine rings is 1. The summed E-state index contributed by atoms with van der Waals surface area (Å²) in [5, 5.41) is 4.69. The van der Waals surface area contributed by atoms with E-state index in [9.17, 15) is 0 Å². The van der Waals surface area contributed by atoms with Crippen molar-refractivity contribution in [1.82, 2.24) is 19.9 Å². The minimum absolute atomic E-state index is 0.610. The highest BCUT2D eigenvalue weighted by Gasteiger charge is 2.16. The molecule has 10 rings (SSSR count). The molecule has 0 bridgehead atoms. The molecule has 0 atom stereocenters. The number of rotatable bonds is 7. The SMILES string of the molecule is c1ccc(-c2ccc3ccc(-c4nc(-c5ccc(-c6ccccn6)cc5)nc(-c5cccc(-c6ccc(-c7ccccc7)c7ccccc67)c5)n4)cc3c2)cc1. The van der Waals surface area contributed by atoms with E-state index in [1.165, 1.54) is 33.0 Å². The molecule has 56 heavy (non-hydrogen) atoms. The van der Waals surface area contributed by atoms with Crippen molar-refractivity contribution < 1.29 is 0 Å². The van der Waals surface area contributed by atoms with Crippen molar-refractivity contribution in [2.24, 2.45) is 0 Å². The zero-order valence-electron chi connectivity index (χ0n) is 30.4. The topological polar surface area (TPSA) is 51.6 Å². The van der Waals surface area contributed by atoms with Crippen molar-refractivity contribution in [2.45, 2.75) is 0 Å². The molecule has 2 aromatic heterocycles. The molecule has 0 fully saturated rings. The first-order valence-electron chi connectivity index (χ1n) is 18.8. The minimum Gasteiger partial charge on any atom is -0.256 e. The van der Waals surface area contributed by atoms with Gasteiger partial charge in [-0.1, -0.05) is 170 Å². The normalized spacial score (nSPS) is 11.2. The maximum Gasteiger partial charge on any atom is 0.164 e. The third-order valence-electron chi connectivity index (χ3n) is 10.4. The highest BCUT2D eigenvalue weighted by Crippen LogP contribution is 2.37. The van der Waals surface area contributed by atoms with Crippen LogP contribution in [0.25, 0.3) is 100 Å². The van der Waals surface area contributed by atoms with Gasteiger partial charge < -0.3 is 0 Å². The van der Waals surface area contributed by atoms with Gasteiger partial charge in [-0.15, -0.1) is 0 Å². The van der Waals surface area contributed by atoms with Crippen molar-refractivity contribution in [2.75, 3.05) is 0 Å². The van der Waals surface area contributed by atoms with E-state index in [4.69, 9.17) is 15.0 Å². The molecular formula is C52H34N4. The predicted octanol–water partition coefficient (Wildman–Crippen LogP) is 13.2. The number of fused-ring (bicyclic) bond motifs is 2. The Morgan fingerprint density at radius 2 is 0.768 bits per heavy atom. The fourth-order valence-corrected chi connectivity index (χ4v) is 7.53. The average molecular weight is 715 g/mol. The van der Waals surface area contributed by atoms with Gasteiger partial charge in [0.15, 0.2) is 17.5 Å². The van der Waals surface area contributed by atoms with Crippen LogP contribution in [-0.4, -0.2) is 19.9 Å². The van der Waals surface area contributed by atoms with E-state index in [-0.39, 0.29) is 0 Å². The highest BCUT2D eigenvalue weighted by molar-refractivity contribution is 6.05. The van der Waals surface area contributed by atoms with Gasteiger partial charge in [-0.3, -0.25) is 4.98 Å². The lowest BCUT2D eigenvalue weighted by Crippen LogP contribution is -2.00. The quantitative estimate of drug-likeness (QED) is 0.165. The zero-order valence-corrected chi connectivity index (χ0v) is 30.4. The van der Waals surface area contributed by atoms with Gasteiger partial charge >= 0.3 is 0 Å². The van der Waals surface area contributed by atoms with E-state index in [2.05, 4.69) is 181 Å². The van der Waals surface area contributed by atoms with Crippen molar-refractivity contribution in [3.63, 3.8) is 0 Å². The van der Waals surface area contributed by atoms with Gasteiger partial charge in [-0.25, -0.2) is 15.0 Å². The van der Waals surface area contributed by atoms with Crippen LogP contribution in [0.3, 0.4) is 0 Å². The van der Waals surface area contributed by atoms with Gasteiger partial charge in [0.05, 0.1) is 5.69 Å². The lowest BCUT2D eigenvalue weighted by molar-refractivity contribution is 1.07. The Labute approximate surface area is 325 Å². The molecule has 0 unspecified atom stereocenters. The van der Waals surface area contributed by atoms with Gasteiger partial charge in [0.25, 0.3) is 0 Å². The zero-order chi connectivity index (χ0) is 37.3. The number of nitrogens with zero attached hydrogens (tertiary/aromatic N) is 4. The van der Waals surface area contributed by atoms with Crippen molar-refractivity contribution in [1.29, 1.82) is 0 Å². The summed E-state index contributed by atoms with van der Waals surface area (Å²) in [6.45, 7) is 0. The van der Waals surface area contributed by atoms with Crippen LogP contribution in [0.5, 0.6) is 0 Å². The van der Waals surface area contributed by atoms with E-state index in [0.717, 1.165) is 49.8 Å². The monoisotopic (exact) mass is 714 g/mol. The van der Waals surface area contributed by atoms with Gasteiger partial charge in [-0.2, -0.15) is 0 Å². The Kier molecular flexibility index (Phi) is 8.47. The Morgan fingerprint density at radius 3 is 1.45 bits per heavy atom. The molecule has 0 radical (unpaired) electrons. The molecule has 4 nitrogen and oxygen atoms in total. The fourth-order valence-electron chi connectivity index (χ4n) is 7.53. The van der Waals surface area contributed by atoms with E-state index < -0.39 is 0 Å². The smallest absolute Gasteiger partial charge is 0.164 e. The summed E-state index contributed by atoms with van der Waals surface area (Å²) in [5.74, 6) is 1.84. The molecule has 0 aliphatic heterocycles. The lowest BCUT2D eigenvalue weighted by Gasteiger charge is -2.13. The minimum atomic E-state index is 0.610. The van der Waals surface area contributed by atoms with Crippen LogP contribution in [-0.2, 0) is 0 Å². The van der Waals surface area contributed by atoms with Gasteiger partial charge in [0.2, 0.25) is 0 Å². The Hall–Kier alpha value is -7.56. The van der Waals surface area contributed by atoms with E-state index in [1.54, 1.807) is 0 Å². The molecule has 4 heteroatoms. The first-order chi connectivity index (χ1) is 27.7. The number of hydrogen-bond acceptors (Lipinski definition) is 4. The summed E-state index contributed by atoms with van der Waals surface area (Å²) >= 11 is 0. The molecule has 8 aromatic carbocycles. The van der Waals surface area contributed by atoms with Crippen LogP contribution in [0.1, 0.15) is 0 Å². The fraction of sp³-hybridized carbons (Fsp3) is 0. The second kappa shape index (κ2) is 14.3. The molecule has 262 valence electrons. The molecular weight excluding hydrogens is 681 g/mol. The van der Waals surface area contributed by atoms with Gasteiger partial charge in [0, 0.05) is 28.5 Å². The first kappa shape index (κ1) is 33.0. The molecule has 0 saturated heterocycles.